The molecule has 3 fully saturated rings. The molecule has 0 radical (unpaired) electrons. The first-order valence-electron chi connectivity index (χ1n) is 9.40. The number of likely N-dealkylation sites (N-methyl/N-ethyl adjacent to an activating group) is 1. The van der Waals surface area contributed by atoms with Gasteiger partial charge >= 0.3 is 0 Å². The van der Waals surface area contributed by atoms with Gasteiger partial charge < -0.3 is 15.4 Å². The molecule has 140 valence electrons. The lowest BCUT2D eigenvalue weighted by Crippen LogP contribution is -2.71. The van der Waals surface area contributed by atoms with Crippen LogP contribution in [0.2, 0.25) is 0 Å². The van der Waals surface area contributed by atoms with Crippen LogP contribution in [-0.4, -0.2) is 62.3 Å². The lowest BCUT2D eigenvalue weighted by Gasteiger charge is -2.60. The largest absolute Gasteiger partial charge is 0.377 e. The summed E-state index contributed by atoms with van der Waals surface area (Å²) in [7, 11) is 1.88. The van der Waals surface area contributed by atoms with E-state index in [1.165, 1.54) is 32.2 Å². The predicted octanol–water partition coefficient (Wildman–Crippen LogP) is 2.46. The minimum absolute atomic E-state index is 0. The maximum absolute atomic E-state index is 6.00. The second-order valence-electron chi connectivity index (χ2n) is 7.92. The highest BCUT2D eigenvalue weighted by atomic mass is 127. The molecule has 3 rings (SSSR count). The zero-order chi connectivity index (χ0) is 16.4. The van der Waals surface area contributed by atoms with E-state index >= 15 is 0 Å². The first kappa shape index (κ1) is 20.2. The second kappa shape index (κ2) is 8.54. The Morgan fingerprint density at radius 2 is 2.08 bits per heavy atom. The van der Waals surface area contributed by atoms with E-state index in [1.54, 1.807) is 0 Å². The standard InChI is InChI=1S/C18H34N4O.HI/c1-5-22-10-6-8-13(22)12-20-17(19-4)21-15-14-9-7-11-23-16(14)18(15,2)3;/h13-16H,5-12H2,1-4H3,(H2,19,20,21);1H. The molecule has 0 spiro atoms. The van der Waals surface area contributed by atoms with Crippen molar-refractivity contribution >= 4 is 29.9 Å². The number of aliphatic imine (C=N–C) groups is 1. The molecular formula is C18H35IN4O. The molecule has 0 aromatic carbocycles. The summed E-state index contributed by atoms with van der Waals surface area (Å²) < 4.78 is 6.00. The van der Waals surface area contributed by atoms with Crippen molar-refractivity contribution < 1.29 is 4.74 Å². The van der Waals surface area contributed by atoms with E-state index < -0.39 is 0 Å². The minimum Gasteiger partial charge on any atom is -0.377 e. The van der Waals surface area contributed by atoms with Gasteiger partial charge in [-0.25, -0.2) is 0 Å². The van der Waals surface area contributed by atoms with Gasteiger partial charge in [-0.15, -0.1) is 24.0 Å². The van der Waals surface area contributed by atoms with Gasteiger partial charge in [0.15, 0.2) is 5.96 Å². The molecule has 3 aliphatic rings. The summed E-state index contributed by atoms with van der Waals surface area (Å²) in [6.07, 6.45) is 5.50. The number of nitrogens with one attached hydrogen (secondary N) is 2. The van der Waals surface area contributed by atoms with Gasteiger partial charge in [-0.05, 0) is 38.8 Å². The molecule has 0 aromatic heterocycles. The van der Waals surface area contributed by atoms with Gasteiger partial charge in [-0.1, -0.05) is 20.8 Å². The molecule has 0 aromatic rings. The van der Waals surface area contributed by atoms with Crippen LogP contribution >= 0.6 is 24.0 Å². The van der Waals surface area contributed by atoms with Crippen molar-refractivity contribution in [1.29, 1.82) is 0 Å². The predicted molar refractivity (Wildman–Crippen MR) is 110 cm³/mol. The molecule has 2 heterocycles. The van der Waals surface area contributed by atoms with Crippen LogP contribution in [0.4, 0.5) is 0 Å². The number of fused-ring (bicyclic) bond motifs is 1. The zero-order valence-electron chi connectivity index (χ0n) is 15.7. The van der Waals surface area contributed by atoms with Crippen LogP contribution < -0.4 is 10.6 Å². The zero-order valence-corrected chi connectivity index (χ0v) is 18.0. The van der Waals surface area contributed by atoms with Crippen molar-refractivity contribution in [2.75, 3.05) is 33.3 Å². The molecule has 6 heteroatoms. The Morgan fingerprint density at radius 1 is 1.29 bits per heavy atom. The van der Waals surface area contributed by atoms with E-state index in [2.05, 4.69) is 41.3 Å². The summed E-state index contributed by atoms with van der Waals surface area (Å²) in [5.74, 6) is 1.59. The summed E-state index contributed by atoms with van der Waals surface area (Å²) in [5.41, 5.74) is 0.186. The van der Waals surface area contributed by atoms with Crippen molar-refractivity contribution in [2.24, 2.45) is 16.3 Å². The first-order chi connectivity index (χ1) is 11.1. The number of guanidine groups is 1. The highest BCUT2D eigenvalue weighted by molar-refractivity contribution is 14.0. The van der Waals surface area contributed by atoms with Crippen LogP contribution in [0.15, 0.2) is 4.99 Å². The molecule has 4 atom stereocenters. The van der Waals surface area contributed by atoms with Crippen LogP contribution in [0.5, 0.6) is 0 Å². The second-order valence-corrected chi connectivity index (χ2v) is 7.92. The highest BCUT2D eigenvalue weighted by Gasteiger charge is 2.58. The number of likely N-dealkylation sites (tertiary alicyclic amines) is 1. The van der Waals surface area contributed by atoms with Crippen molar-refractivity contribution in [3.8, 4) is 0 Å². The number of rotatable bonds is 4. The van der Waals surface area contributed by atoms with Crippen molar-refractivity contribution in [2.45, 2.75) is 64.6 Å². The monoisotopic (exact) mass is 450 g/mol. The van der Waals surface area contributed by atoms with Crippen molar-refractivity contribution in [3.63, 3.8) is 0 Å². The van der Waals surface area contributed by atoms with Gasteiger partial charge in [0.1, 0.15) is 0 Å². The quantitative estimate of drug-likeness (QED) is 0.393. The Hall–Kier alpha value is -0.0800. The van der Waals surface area contributed by atoms with Crippen LogP contribution in [0.25, 0.3) is 0 Å². The van der Waals surface area contributed by atoms with Crippen LogP contribution in [0.3, 0.4) is 0 Å². The molecular weight excluding hydrogens is 415 g/mol. The third-order valence-corrected chi connectivity index (χ3v) is 6.26. The van der Waals surface area contributed by atoms with E-state index in [9.17, 15) is 0 Å². The first-order valence-corrected chi connectivity index (χ1v) is 9.40. The summed E-state index contributed by atoms with van der Waals surface area (Å²) >= 11 is 0. The van der Waals surface area contributed by atoms with Crippen molar-refractivity contribution in [1.82, 2.24) is 15.5 Å². The summed E-state index contributed by atoms with van der Waals surface area (Å²) in [4.78, 5) is 7.03. The third kappa shape index (κ3) is 3.85. The van der Waals surface area contributed by atoms with E-state index in [0.29, 0.717) is 24.1 Å². The summed E-state index contributed by atoms with van der Waals surface area (Å²) in [5, 5.41) is 7.25. The molecule has 2 aliphatic heterocycles. The Kier molecular flexibility index (Phi) is 7.20. The van der Waals surface area contributed by atoms with E-state index in [-0.39, 0.29) is 29.4 Å². The third-order valence-electron chi connectivity index (χ3n) is 6.26. The number of halogens is 1. The van der Waals surface area contributed by atoms with Crippen LogP contribution in [-0.2, 0) is 4.74 Å². The smallest absolute Gasteiger partial charge is 0.191 e. The number of ether oxygens (including phenoxy) is 1. The fraction of sp³-hybridized carbons (Fsp3) is 0.944. The minimum atomic E-state index is 0. The maximum Gasteiger partial charge on any atom is 0.191 e. The Bertz CT molecular complexity index is 443. The van der Waals surface area contributed by atoms with Gasteiger partial charge in [-0.2, -0.15) is 0 Å². The van der Waals surface area contributed by atoms with E-state index in [4.69, 9.17) is 4.74 Å². The van der Waals surface area contributed by atoms with Crippen LogP contribution in [0, 0.1) is 11.3 Å². The van der Waals surface area contributed by atoms with Gasteiger partial charge in [0.2, 0.25) is 0 Å². The normalized spacial score (nSPS) is 35.6. The lowest BCUT2D eigenvalue weighted by molar-refractivity contribution is -0.188. The molecule has 2 saturated heterocycles. The fourth-order valence-corrected chi connectivity index (χ4v) is 4.91. The SMILES string of the molecule is CCN1CCCC1CNC(=NC)NC1C2CCCOC2C1(C)C.I. The van der Waals surface area contributed by atoms with Crippen molar-refractivity contribution in [3.05, 3.63) is 0 Å². The van der Waals surface area contributed by atoms with E-state index in [1.807, 2.05) is 7.05 Å². The summed E-state index contributed by atoms with van der Waals surface area (Å²) in [6, 6.07) is 1.11. The average molecular weight is 450 g/mol. The maximum atomic E-state index is 6.00. The molecule has 24 heavy (non-hydrogen) atoms. The average Bonchev–Trinajstić information content (AvgIpc) is 3.02. The Labute approximate surface area is 164 Å². The molecule has 0 amide bonds. The van der Waals surface area contributed by atoms with Gasteiger partial charge in [0, 0.05) is 43.6 Å². The van der Waals surface area contributed by atoms with Crippen LogP contribution in [0.1, 0.15) is 46.5 Å². The Morgan fingerprint density at radius 3 is 2.79 bits per heavy atom. The fourth-order valence-electron chi connectivity index (χ4n) is 4.91. The molecule has 1 saturated carbocycles. The van der Waals surface area contributed by atoms with Gasteiger partial charge in [-0.3, -0.25) is 9.89 Å². The number of hydrogen-bond acceptors (Lipinski definition) is 3. The van der Waals surface area contributed by atoms with E-state index in [0.717, 1.165) is 25.7 Å². The topological polar surface area (TPSA) is 48.9 Å². The molecule has 4 unspecified atom stereocenters. The number of hydrogen-bond donors (Lipinski definition) is 2. The van der Waals surface area contributed by atoms with Gasteiger partial charge in [0.25, 0.3) is 0 Å². The molecule has 1 aliphatic carbocycles. The molecule has 2 N–H and O–H groups in total. The van der Waals surface area contributed by atoms with Gasteiger partial charge in [0.05, 0.1) is 6.10 Å². The molecule has 5 nitrogen and oxygen atoms in total. The highest BCUT2D eigenvalue weighted by Crippen LogP contribution is 2.51. The lowest BCUT2D eigenvalue weighted by atomic mass is 9.55. The number of nitrogens with zero attached hydrogens (tertiary/aromatic N) is 2. The Balaban J connectivity index is 0.00000208. The molecule has 0 bridgehead atoms. The summed E-state index contributed by atoms with van der Waals surface area (Å²) in [6.45, 7) is 11.2.